The van der Waals surface area contributed by atoms with Crippen LogP contribution in [-0.4, -0.2) is 16.8 Å². The molecule has 5 aromatic rings. The maximum absolute atomic E-state index is 13.2. The molecule has 2 amide bonds. The quantitative estimate of drug-likeness (QED) is 0.271. The fraction of sp³-hybridized carbons (Fsp3) is 0.115. The smallest absolute Gasteiger partial charge is 0.433 e. The normalized spacial score (nSPS) is 11.7. The predicted octanol–water partition coefficient (Wildman–Crippen LogP) is 6.30. The van der Waals surface area contributed by atoms with Crippen LogP contribution in [0.2, 0.25) is 0 Å². The van der Waals surface area contributed by atoms with Crippen LogP contribution < -0.4 is 15.8 Å². The number of furan rings is 1. The summed E-state index contributed by atoms with van der Waals surface area (Å²) in [4.78, 5) is 28.3. The Hall–Kier alpha value is -4.38. The van der Waals surface area contributed by atoms with Gasteiger partial charge in [-0.2, -0.15) is 13.2 Å². The minimum absolute atomic E-state index is 0.0124. The van der Waals surface area contributed by atoms with Crippen LogP contribution in [0.1, 0.15) is 37.2 Å². The van der Waals surface area contributed by atoms with Crippen molar-refractivity contribution in [2.24, 2.45) is 5.73 Å². The number of benzene rings is 2. The van der Waals surface area contributed by atoms with E-state index in [4.69, 9.17) is 14.9 Å². The van der Waals surface area contributed by atoms with Crippen molar-refractivity contribution in [1.82, 2.24) is 4.98 Å². The Labute approximate surface area is 211 Å². The standard InChI is InChI=1S/C26H18F3N3O4S/c1-13-10-19(26(27,28)29)31-25-20(13)21(22(37-25)23(30)33)32-24(34)18-9-8-17(36-18)12-35-16-7-6-14-4-2-3-5-15(14)11-16/h2-11H,12H2,1H3,(H2,30,33)(H,32,34). The number of nitrogens with two attached hydrogens (primary N) is 1. The lowest BCUT2D eigenvalue weighted by atomic mass is 10.1. The third-order valence-corrected chi connectivity index (χ3v) is 6.70. The maximum atomic E-state index is 13.2. The molecule has 5 rings (SSSR count). The lowest BCUT2D eigenvalue weighted by molar-refractivity contribution is -0.141. The molecular formula is C26H18F3N3O4S. The lowest BCUT2D eigenvalue weighted by Crippen LogP contribution is -2.16. The minimum atomic E-state index is -4.67. The van der Waals surface area contributed by atoms with Gasteiger partial charge in [-0.05, 0) is 53.6 Å². The summed E-state index contributed by atoms with van der Waals surface area (Å²) in [7, 11) is 0. The number of alkyl halides is 3. The molecule has 3 N–H and O–H groups in total. The van der Waals surface area contributed by atoms with E-state index in [0.29, 0.717) is 22.8 Å². The van der Waals surface area contributed by atoms with Gasteiger partial charge < -0.3 is 20.2 Å². The summed E-state index contributed by atoms with van der Waals surface area (Å²) in [6.07, 6.45) is -4.67. The van der Waals surface area contributed by atoms with Gasteiger partial charge in [0.1, 0.15) is 33.5 Å². The van der Waals surface area contributed by atoms with Gasteiger partial charge in [-0.15, -0.1) is 11.3 Å². The summed E-state index contributed by atoms with van der Waals surface area (Å²) >= 11 is 0.674. The van der Waals surface area contributed by atoms with Crippen molar-refractivity contribution in [2.45, 2.75) is 19.7 Å². The number of carbonyl (C=O) groups excluding carboxylic acids is 2. The third-order valence-electron chi connectivity index (χ3n) is 5.60. The number of nitrogens with one attached hydrogen (secondary N) is 1. The number of hydrogen-bond donors (Lipinski definition) is 2. The van der Waals surface area contributed by atoms with Crippen LogP contribution in [0.5, 0.6) is 5.75 Å². The average Bonchev–Trinajstić information content (AvgIpc) is 3.47. The molecule has 3 aromatic heterocycles. The number of primary amides is 1. The predicted molar refractivity (Wildman–Crippen MR) is 133 cm³/mol. The first-order valence-corrected chi connectivity index (χ1v) is 11.7. The second-order valence-electron chi connectivity index (χ2n) is 8.19. The highest BCUT2D eigenvalue weighted by molar-refractivity contribution is 7.21. The van der Waals surface area contributed by atoms with E-state index in [2.05, 4.69) is 10.3 Å². The number of aromatic nitrogens is 1. The summed E-state index contributed by atoms with van der Waals surface area (Å²) in [6, 6.07) is 17.3. The van der Waals surface area contributed by atoms with Gasteiger partial charge in [0.05, 0.1) is 5.69 Å². The van der Waals surface area contributed by atoms with Crippen molar-refractivity contribution in [3.8, 4) is 5.75 Å². The number of fused-ring (bicyclic) bond motifs is 2. The van der Waals surface area contributed by atoms with E-state index in [1.54, 1.807) is 6.07 Å². The number of ether oxygens (including phenoxy) is 1. The molecule has 0 atom stereocenters. The molecule has 3 heterocycles. The molecule has 37 heavy (non-hydrogen) atoms. The topological polar surface area (TPSA) is 107 Å². The van der Waals surface area contributed by atoms with Crippen LogP contribution in [0, 0.1) is 6.92 Å². The van der Waals surface area contributed by atoms with E-state index in [9.17, 15) is 22.8 Å². The van der Waals surface area contributed by atoms with Crippen molar-refractivity contribution in [3.63, 3.8) is 0 Å². The molecule has 0 spiro atoms. The molecule has 2 aromatic carbocycles. The van der Waals surface area contributed by atoms with Crippen LogP contribution in [0.25, 0.3) is 21.0 Å². The molecule has 0 saturated heterocycles. The molecule has 0 saturated carbocycles. The number of rotatable bonds is 6. The van der Waals surface area contributed by atoms with Crippen molar-refractivity contribution < 1.29 is 31.9 Å². The zero-order valence-corrected chi connectivity index (χ0v) is 20.0. The molecule has 188 valence electrons. The van der Waals surface area contributed by atoms with Crippen LogP contribution in [0.4, 0.5) is 18.9 Å². The van der Waals surface area contributed by atoms with Crippen molar-refractivity contribution in [2.75, 3.05) is 5.32 Å². The van der Waals surface area contributed by atoms with Gasteiger partial charge in [-0.1, -0.05) is 30.3 Å². The summed E-state index contributed by atoms with van der Waals surface area (Å²) in [6.45, 7) is 1.49. The number of pyridine rings is 1. The second-order valence-corrected chi connectivity index (χ2v) is 9.19. The number of carbonyl (C=O) groups is 2. The summed E-state index contributed by atoms with van der Waals surface area (Å²) in [5.74, 6) is -0.701. The van der Waals surface area contributed by atoms with E-state index in [-0.39, 0.29) is 38.7 Å². The zero-order chi connectivity index (χ0) is 26.3. The van der Waals surface area contributed by atoms with E-state index in [0.717, 1.165) is 16.8 Å². The first-order valence-electron chi connectivity index (χ1n) is 10.9. The number of halogens is 3. The zero-order valence-electron chi connectivity index (χ0n) is 19.2. The number of aryl methyl sites for hydroxylation is 1. The Bertz CT molecular complexity index is 1670. The largest absolute Gasteiger partial charge is 0.486 e. The maximum Gasteiger partial charge on any atom is 0.433 e. The highest BCUT2D eigenvalue weighted by Gasteiger charge is 2.34. The van der Waals surface area contributed by atoms with Crippen LogP contribution in [-0.2, 0) is 12.8 Å². The summed E-state index contributed by atoms with van der Waals surface area (Å²) < 4.78 is 51.0. The first kappa shape index (κ1) is 24.3. The van der Waals surface area contributed by atoms with E-state index < -0.39 is 23.7 Å². The highest BCUT2D eigenvalue weighted by atomic mass is 32.1. The first-order chi connectivity index (χ1) is 17.6. The Morgan fingerprint density at radius 1 is 1.08 bits per heavy atom. The van der Waals surface area contributed by atoms with Crippen LogP contribution >= 0.6 is 11.3 Å². The van der Waals surface area contributed by atoms with Crippen LogP contribution in [0.3, 0.4) is 0 Å². The average molecular weight is 526 g/mol. The molecule has 0 aliphatic heterocycles. The molecule has 0 radical (unpaired) electrons. The Morgan fingerprint density at radius 3 is 2.57 bits per heavy atom. The summed E-state index contributed by atoms with van der Waals surface area (Å²) in [5.41, 5.74) is 4.50. The number of anilines is 1. The van der Waals surface area contributed by atoms with E-state index >= 15 is 0 Å². The van der Waals surface area contributed by atoms with E-state index in [1.165, 1.54) is 13.0 Å². The van der Waals surface area contributed by atoms with Gasteiger partial charge >= 0.3 is 6.18 Å². The van der Waals surface area contributed by atoms with Crippen molar-refractivity contribution in [3.05, 3.63) is 88.3 Å². The van der Waals surface area contributed by atoms with E-state index in [1.807, 2.05) is 42.5 Å². The number of thiophene rings is 1. The Kier molecular flexibility index (Phi) is 6.08. The highest BCUT2D eigenvalue weighted by Crippen LogP contribution is 2.40. The Balaban J connectivity index is 1.36. The van der Waals surface area contributed by atoms with Crippen molar-refractivity contribution >= 4 is 49.8 Å². The molecule has 0 unspecified atom stereocenters. The molecule has 0 bridgehead atoms. The number of hydrogen-bond acceptors (Lipinski definition) is 6. The third kappa shape index (κ3) is 4.85. The fourth-order valence-corrected chi connectivity index (χ4v) is 4.94. The van der Waals surface area contributed by atoms with Gasteiger partial charge in [-0.25, -0.2) is 4.98 Å². The number of nitrogens with zero attached hydrogens (tertiary/aromatic N) is 1. The van der Waals surface area contributed by atoms with Crippen molar-refractivity contribution in [1.29, 1.82) is 0 Å². The molecule has 0 aliphatic carbocycles. The SMILES string of the molecule is Cc1cc(C(F)(F)F)nc2sc(C(N)=O)c(NC(=O)c3ccc(COc4ccc5ccccc5c4)o3)c12. The number of amides is 2. The monoisotopic (exact) mass is 525 g/mol. The van der Waals surface area contributed by atoms with Gasteiger partial charge in [-0.3, -0.25) is 9.59 Å². The fourth-order valence-electron chi connectivity index (χ4n) is 3.88. The van der Waals surface area contributed by atoms with Gasteiger partial charge in [0.25, 0.3) is 11.8 Å². The summed E-state index contributed by atoms with van der Waals surface area (Å²) in [5, 5.41) is 4.84. The molecular weight excluding hydrogens is 507 g/mol. The van der Waals surface area contributed by atoms with Crippen LogP contribution in [0.15, 0.2) is 65.1 Å². The van der Waals surface area contributed by atoms with Gasteiger partial charge in [0, 0.05) is 5.39 Å². The second kappa shape index (κ2) is 9.25. The Morgan fingerprint density at radius 2 is 1.84 bits per heavy atom. The molecule has 0 aliphatic rings. The lowest BCUT2D eigenvalue weighted by Gasteiger charge is -2.09. The molecule has 11 heteroatoms. The molecule has 7 nitrogen and oxygen atoms in total. The van der Waals surface area contributed by atoms with Gasteiger partial charge in [0.15, 0.2) is 5.76 Å². The van der Waals surface area contributed by atoms with Gasteiger partial charge in [0.2, 0.25) is 0 Å². The minimum Gasteiger partial charge on any atom is -0.486 e. The molecule has 0 fully saturated rings.